The predicted molar refractivity (Wildman–Crippen MR) is 178 cm³/mol. The number of para-hydroxylation sites is 8. The fourth-order valence-corrected chi connectivity index (χ4v) is 4.30. The Kier molecular flexibility index (Phi) is 11.5. The number of ether oxygens (including phenoxy) is 4. The number of aromatic hydroxyl groups is 4. The van der Waals surface area contributed by atoms with Crippen LogP contribution in [0.2, 0.25) is 0 Å². The van der Waals surface area contributed by atoms with Crippen LogP contribution < -0.4 is 18.9 Å². The summed E-state index contributed by atoms with van der Waals surface area (Å²) in [5, 5.41) is 38.8. The summed E-state index contributed by atoms with van der Waals surface area (Å²) >= 11 is 0. The van der Waals surface area contributed by atoms with E-state index in [1.807, 2.05) is 36.4 Å². The molecule has 2 aromatic heterocycles. The van der Waals surface area contributed by atoms with Gasteiger partial charge in [-0.1, -0.05) is 60.7 Å². The van der Waals surface area contributed by atoms with E-state index >= 15 is 0 Å². The molecular weight excluding hydrogens is 612 g/mol. The molecule has 0 saturated carbocycles. The van der Waals surface area contributed by atoms with Gasteiger partial charge in [0, 0.05) is 0 Å². The van der Waals surface area contributed by atoms with E-state index in [9.17, 15) is 20.4 Å². The number of hydrogen-bond donors (Lipinski definition) is 4. The van der Waals surface area contributed by atoms with Crippen LogP contribution in [0.5, 0.6) is 46.0 Å². The van der Waals surface area contributed by atoms with Crippen LogP contribution in [-0.2, 0) is 26.4 Å². The van der Waals surface area contributed by atoms with Crippen LogP contribution in [0.15, 0.2) is 133 Å². The molecule has 48 heavy (non-hydrogen) atoms. The molecule has 0 radical (unpaired) electrons. The van der Waals surface area contributed by atoms with Crippen molar-refractivity contribution in [2.45, 2.75) is 26.4 Å². The third-order valence-corrected chi connectivity index (χ3v) is 6.69. The number of benzene rings is 4. The van der Waals surface area contributed by atoms with Crippen LogP contribution in [-0.4, -0.2) is 30.4 Å². The lowest BCUT2D eigenvalue weighted by molar-refractivity contribution is 0.275. The summed E-state index contributed by atoms with van der Waals surface area (Å²) in [4.78, 5) is 8.90. The zero-order chi connectivity index (χ0) is 33.6. The molecule has 0 aliphatic carbocycles. The summed E-state index contributed by atoms with van der Waals surface area (Å²) in [5.41, 5.74) is 2.88. The first kappa shape index (κ1) is 33.0. The lowest BCUT2D eigenvalue weighted by atomic mass is 10.3. The number of phenols is 4. The molecule has 0 saturated heterocycles. The van der Waals surface area contributed by atoms with Crippen LogP contribution in [0.1, 0.15) is 22.8 Å². The number of phenolic OH excluding ortho intramolecular Hbond substituents is 4. The quantitative estimate of drug-likeness (QED) is 0.107. The van der Waals surface area contributed by atoms with Crippen molar-refractivity contribution in [3.63, 3.8) is 0 Å². The van der Waals surface area contributed by atoms with E-state index in [2.05, 4.69) is 9.97 Å². The Labute approximate surface area is 277 Å². The molecule has 0 fully saturated rings. The van der Waals surface area contributed by atoms with E-state index in [1.165, 1.54) is 0 Å². The normalized spacial score (nSPS) is 10.3. The van der Waals surface area contributed by atoms with Gasteiger partial charge in [-0.05, 0) is 72.8 Å². The molecule has 0 aliphatic rings. The summed E-state index contributed by atoms with van der Waals surface area (Å²) in [6.45, 7) is 0.952. The Morgan fingerprint density at radius 3 is 0.771 bits per heavy atom. The van der Waals surface area contributed by atoms with Crippen LogP contribution in [0.4, 0.5) is 0 Å². The summed E-state index contributed by atoms with van der Waals surface area (Å²) in [6, 6.07) is 38.2. The average Bonchev–Trinajstić information content (AvgIpc) is 3.11. The van der Waals surface area contributed by atoms with Gasteiger partial charge in [0.25, 0.3) is 0 Å². The van der Waals surface area contributed by atoms with E-state index in [0.717, 1.165) is 22.8 Å². The molecule has 10 nitrogen and oxygen atoms in total. The van der Waals surface area contributed by atoms with Gasteiger partial charge in [0.15, 0.2) is 46.0 Å². The molecule has 0 aliphatic heterocycles. The van der Waals surface area contributed by atoms with Crippen LogP contribution in [0, 0.1) is 0 Å². The first-order valence-electron chi connectivity index (χ1n) is 15.0. The molecule has 4 N–H and O–H groups in total. The molecule has 0 bridgehead atoms. The Balaban J connectivity index is 0.000000188. The molecule has 244 valence electrons. The standard InChI is InChI=1S/2C19H17NO4/c2*21-16-8-1-3-10-18(16)23-12-14-6-5-7-15(20-14)13-24-19-11-4-2-9-17(19)22/h2*1-11,21-22H,12-13H2. The van der Waals surface area contributed by atoms with Gasteiger partial charge in [-0.2, -0.15) is 0 Å². The second kappa shape index (κ2) is 16.8. The Hall–Kier alpha value is -6.42. The van der Waals surface area contributed by atoms with Crippen molar-refractivity contribution >= 4 is 0 Å². The third-order valence-electron chi connectivity index (χ3n) is 6.69. The van der Waals surface area contributed by atoms with Crippen LogP contribution in [0.3, 0.4) is 0 Å². The fourth-order valence-electron chi connectivity index (χ4n) is 4.30. The number of rotatable bonds is 12. The third kappa shape index (κ3) is 9.79. The highest BCUT2D eigenvalue weighted by Gasteiger charge is 2.07. The molecule has 0 unspecified atom stereocenters. The van der Waals surface area contributed by atoms with E-state index < -0.39 is 0 Å². The first-order valence-corrected chi connectivity index (χ1v) is 15.0. The van der Waals surface area contributed by atoms with Crippen molar-refractivity contribution in [2.24, 2.45) is 0 Å². The zero-order valence-corrected chi connectivity index (χ0v) is 25.8. The van der Waals surface area contributed by atoms with Gasteiger partial charge in [0.05, 0.1) is 22.8 Å². The van der Waals surface area contributed by atoms with Crippen molar-refractivity contribution in [2.75, 3.05) is 0 Å². The van der Waals surface area contributed by atoms with Gasteiger partial charge in [-0.3, -0.25) is 9.97 Å². The van der Waals surface area contributed by atoms with Crippen LogP contribution >= 0.6 is 0 Å². The smallest absolute Gasteiger partial charge is 0.161 e. The molecular formula is C38H34N2O8. The Morgan fingerprint density at radius 1 is 0.312 bits per heavy atom. The second-order valence-corrected chi connectivity index (χ2v) is 10.3. The number of hydrogen-bond acceptors (Lipinski definition) is 10. The highest BCUT2D eigenvalue weighted by molar-refractivity contribution is 5.40. The SMILES string of the molecule is Oc1ccccc1OCc1cccc(COc2ccccc2O)n1.Oc1ccccc1OCc1cccc(COc2ccccc2O)n1. The van der Waals surface area contributed by atoms with E-state index in [-0.39, 0.29) is 49.4 Å². The lowest BCUT2D eigenvalue weighted by Crippen LogP contribution is -2.03. The molecule has 4 aromatic carbocycles. The second-order valence-electron chi connectivity index (χ2n) is 10.3. The number of nitrogens with zero attached hydrogens (tertiary/aromatic N) is 2. The molecule has 10 heteroatoms. The van der Waals surface area contributed by atoms with Gasteiger partial charge in [-0.15, -0.1) is 0 Å². The van der Waals surface area contributed by atoms with E-state index in [1.54, 1.807) is 97.1 Å². The van der Waals surface area contributed by atoms with E-state index in [0.29, 0.717) is 23.0 Å². The summed E-state index contributed by atoms with van der Waals surface area (Å²) in [7, 11) is 0. The molecule has 6 rings (SSSR count). The molecule has 2 heterocycles. The molecule has 6 aromatic rings. The van der Waals surface area contributed by atoms with Crippen molar-refractivity contribution < 1.29 is 39.4 Å². The maximum atomic E-state index is 9.69. The van der Waals surface area contributed by atoms with E-state index in [4.69, 9.17) is 18.9 Å². The first-order chi connectivity index (χ1) is 23.4. The van der Waals surface area contributed by atoms with Gasteiger partial charge in [0.2, 0.25) is 0 Å². The minimum atomic E-state index is 0.0940. The summed E-state index contributed by atoms with van der Waals surface area (Å²) < 4.78 is 22.3. The number of pyridine rings is 2. The topological polar surface area (TPSA) is 144 Å². The average molecular weight is 647 g/mol. The minimum absolute atomic E-state index is 0.0940. The highest BCUT2D eigenvalue weighted by atomic mass is 16.5. The number of aromatic nitrogens is 2. The Bertz CT molecular complexity index is 1650. The van der Waals surface area contributed by atoms with Gasteiger partial charge in [0.1, 0.15) is 26.4 Å². The summed E-state index contributed by atoms with van der Waals surface area (Å²) in [5.74, 6) is 2.02. The maximum Gasteiger partial charge on any atom is 0.161 e. The highest BCUT2D eigenvalue weighted by Crippen LogP contribution is 2.28. The van der Waals surface area contributed by atoms with Gasteiger partial charge >= 0.3 is 0 Å². The van der Waals surface area contributed by atoms with Gasteiger partial charge in [-0.25, -0.2) is 0 Å². The van der Waals surface area contributed by atoms with Crippen LogP contribution in [0.25, 0.3) is 0 Å². The minimum Gasteiger partial charge on any atom is -0.504 e. The summed E-state index contributed by atoms with van der Waals surface area (Å²) in [6.07, 6.45) is 0. The molecule has 0 spiro atoms. The largest absolute Gasteiger partial charge is 0.504 e. The molecule has 0 amide bonds. The molecule has 0 atom stereocenters. The zero-order valence-electron chi connectivity index (χ0n) is 25.8. The van der Waals surface area contributed by atoms with Crippen molar-refractivity contribution in [3.8, 4) is 46.0 Å². The van der Waals surface area contributed by atoms with Gasteiger partial charge < -0.3 is 39.4 Å². The lowest BCUT2D eigenvalue weighted by Gasteiger charge is -2.10. The predicted octanol–water partition coefficient (Wildman–Crippen LogP) is 7.30. The Morgan fingerprint density at radius 2 is 0.542 bits per heavy atom. The maximum absolute atomic E-state index is 9.69. The van der Waals surface area contributed by atoms with Crippen molar-refractivity contribution in [3.05, 3.63) is 156 Å². The fraction of sp³-hybridized carbons (Fsp3) is 0.105. The monoisotopic (exact) mass is 646 g/mol. The van der Waals surface area contributed by atoms with Crippen molar-refractivity contribution in [1.82, 2.24) is 9.97 Å². The van der Waals surface area contributed by atoms with Crippen molar-refractivity contribution in [1.29, 1.82) is 0 Å².